The average Bonchev–Trinajstić information content (AvgIpc) is 2.81. The molecule has 19 heavy (non-hydrogen) atoms. The number of aryl methyl sites for hydroxylation is 1. The Bertz CT molecular complexity index is 658. The molecule has 6 heteroatoms. The molecule has 0 radical (unpaired) electrons. The summed E-state index contributed by atoms with van der Waals surface area (Å²) in [4.78, 5) is 15.0. The molecule has 1 N–H and O–H groups in total. The molecule has 0 saturated heterocycles. The van der Waals surface area contributed by atoms with E-state index < -0.39 is 4.92 Å². The molecule has 1 heterocycles. The molecule has 0 fully saturated rings. The quantitative estimate of drug-likeness (QED) is 0.506. The largest absolute Gasteiger partial charge is 0.350 e. The van der Waals surface area contributed by atoms with Crippen molar-refractivity contribution in [1.29, 1.82) is 0 Å². The molecule has 0 aliphatic heterocycles. The molecule has 0 saturated carbocycles. The summed E-state index contributed by atoms with van der Waals surface area (Å²) >= 11 is 1.45. The minimum atomic E-state index is -0.436. The maximum Gasteiger partial charge on any atom is 0.292 e. The zero-order valence-corrected chi connectivity index (χ0v) is 11.0. The van der Waals surface area contributed by atoms with Crippen LogP contribution in [0.1, 0.15) is 11.8 Å². The van der Waals surface area contributed by atoms with Crippen LogP contribution in [0.4, 0.5) is 22.1 Å². The highest BCUT2D eigenvalue weighted by atomic mass is 32.1. The molecule has 2 aromatic rings. The van der Waals surface area contributed by atoms with Gasteiger partial charge in [-0.1, -0.05) is 19.1 Å². The van der Waals surface area contributed by atoms with Gasteiger partial charge in [0.2, 0.25) is 5.69 Å². The molecule has 0 aliphatic carbocycles. The van der Waals surface area contributed by atoms with Crippen molar-refractivity contribution in [3.8, 4) is 0 Å². The Labute approximate surface area is 114 Å². The van der Waals surface area contributed by atoms with E-state index in [1.807, 2.05) is 13.0 Å². The van der Waals surface area contributed by atoms with Gasteiger partial charge in [-0.05, 0) is 23.4 Å². The van der Waals surface area contributed by atoms with Crippen LogP contribution in [0.5, 0.6) is 0 Å². The Morgan fingerprint density at radius 3 is 2.84 bits per heavy atom. The van der Waals surface area contributed by atoms with Gasteiger partial charge >= 0.3 is 0 Å². The van der Waals surface area contributed by atoms with E-state index in [4.69, 9.17) is 6.57 Å². The molecule has 0 spiro atoms. The zero-order chi connectivity index (χ0) is 13.8. The van der Waals surface area contributed by atoms with Gasteiger partial charge in [0, 0.05) is 6.07 Å². The van der Waals surface area contributed by atoms with Crippen LogP contribution in [-0.4, -0.2) is 4.92 Å². The van der Waals surface area contributed by atoms with E-state index in [-0.39, 0.29) is 5.69 Å². The second kappa shape index (κ2) is 5.50. The Morgan fingerprint density at radius 2 is 2.21 bits per heavy atom. The number of anilines is 2. The summed E-state index contributed by atoms with van der Waals surface area (Å²) in [5.74, 6) is 0. The van der Waals surface area contributed by atoms with Crippen molar-refractivity contribution in [1.82, 2.24) is 0 Å². The number of rotatable bonds is 4. The predicted molar refractivity (Wildman–Crippen MR) is 76.3 cm³/mol. The Hall–Kier alpha value is -2.39. The van der Waals surface area contributed by atoms with Gasteiger partial charge in [0.15, 0.2) is 0 Å². The molecule has 0 bridgehead atoms. The van der Waals surface area contributed by atoms with Gasteiger partial charge in [-0.3, -0.25) is 10.1 Å². The molecule has 0 unspecified atom stereocenters. The Balaban J connectivity index is 2.39. The summed E-state index contributed by atoms with van der Waals surface area (Å²) in [6.07, 6.45) is 0.839. The second-order valence-electron chi connectivity index (χ2n) is 3.79. The molecule has 2 rings (SSSR count). The maximum atomic E-state index is 10.9. The number of hydrogen-bond donors (Lipinski definition) is 1. The maximum absolute atomic E-state index is 10.9. The summed E-state index contributed by atoms with van der Waals surface area (Å²) in [5.41, 5.74) is 0.909. The van der Waals surface area contributed by atoms with Crippen LogP contribution in [0.2, 0.25) is 0 Å². The van der Waals surface area contributed by atoms with Crippen LogP contribution in [0.15, 0.2) is 30.3 Å². The molecule has 0 amide bonds. The minimum absolute atomic E-state index is 0.00452. The van der Waals surface area contributed by atoms with Gasteiger partial charge in [-0.2, -0.15) is 0 Å². The van der Waals surface area contributed by atoms with Crippen molar-refractivity contribution in [3.63, 3.8) is 0 Å². The summed E-state index contributed by atoms with van der Waals surface area (Å²) in [6.45, 7) is 9.14. The molecule has 1 aromatic carbocycles. The first-order valence-corrected chi connectivity index (χ1v) is 6.48. The fourth-order valence-corrected chi connectivity index (χ4v) is 2.59. The van der Waals surface area contributed by atoms with Crippen LogP contribution in [0.25, 0.3) is 4.85 Å². The Kier molecular flexibility index (Phi) is 3.78. The molecule has 1 aromatic heterocycles. The lowest BCUT2D eigenvalue weighted by Gasteiger charge is -2.05. The number of nitrogens with one attached hydrogen (secondary N) is 1. The van der Waals surface area contributed by atoms with Gasteiger partial charge in [0.1, 0.15) is 5.69 Å². The van der Waals surface area contributed by atoms with E-state index in [2.05, 4.69) is 10.2 Å². The van der Waals surface area contributed by atoms with E-state index in [0.717, 1.165) is 11.3 Å². The SMILES string of the molecule is [C-]#[N+]c1cc(CC)sc1Nc1ccccc1[N+](=O)[O-]. The highest BCUT2D eigenvalue weighted by molar-refractivity contribution is 7.16. The van der Waals surface area contributed by atoms with Crippen molar-refractivity contribution in [2.24, 2.45) is 0 Å². The lowest BCUT2D eigenvalue weighted by Crippen LogP contribution is -1.95. The molecular formula is C13H11N3O2S. The summed E-state index contributed by atoms with van der Waals surface area (Å²) in [5, 5.41) is 14.6. The van der Waals surface area contributed by atoms with E-state index in [1.54, 1.807) is 18.2 Å². The fourth-order valence-electron chi connectivity index (χ4n) is 1.64. The van der Waals surface area contributed by atoms with Crippen molar-refractivity contribution in [2.45, 2.75) is 13.3 Å². The highest BCUT2D eigenvalue weighted by Crippen LogP contribution is 2.39. The smallest absolute Gasteiger partial charge is 0.292 e. The van der Waals surface area contributed by atoms with Crippen LogP contribution in [-0.2, 0) is 6.42 Å². The normalized spacial score (nSPS) is 9.89. The van der Waals surface area contributed by atoms with Gasteiger partial charge in [-0.15, -0.1) is 11.3 Å². The van der Waals surface area contributed by atoms with Crippen LogP contribution in [0.3, 0.4) is 0 Å². The zero-order valence-electron chi connectivity index (χ0n) is 10.2. The first-order valence-electron chi connectivity index (χ1n) is 5.66. The lowest BCUT2D eigenvalue weighted by molar-refractivity contribution is -0.383. The monoisotopic (exact) mass is 273 g/mol. The summed E-state index contributed by atoms with van der Waals surface area (Å²) in [6, 6.07) is 8.23. The van der Waals surface area contributed by atoms with Crippen molar-refractivity contribution >= 4 is 33.4 Å². The summed E-state index contributed by atoms with van der Waals surface area (Å²) < 4.78 is 0. The predicted octanol–water partition coefficient (Wildman–Crippen LogP) is 4.51. The van der Waals surface area contributed by atoms with E-state index in [1.165, 1.54) is 17.4 Å². The number of benzene rings is 1. The number of nitro groups is 1. The molecule has 96 valence electrons. The first kappa shape index (κ1) is 13.1. The van der Waals surface area contributed by atoms with Gasteiger partial charge in [0.25, 0.3) is 5.69 Å². The number of para-hydroxylation sites is 2. The molecule has 5 nitrogen and oxygen atoms in total. The Morgan fingerprint density at radius 1 is 1.47 bits per heavy atom. The molecule has 0 atom stereocenters. The molecular weight excluding hydrogens is 262 g/mol. The lowest BCUT2D eigenvalue weighted by atomic mass is 10.2. The van der Waals surface area contributed by atoms with E-state index in [9.17, 15) is 10.1 Å². The van der Waals surface area contributed by atoms with Crippen molar-refractivity contribution in [2.75, 3.05) is 5.32 Å². The van der Waals surface area contributed by atoms with Gasteiger partial charge in [0.05, 0.1) is 16.5 Å². The van der Waals surface area contributed by atoms with Gasteiger partial charge in [-0.25, -0.2) is 4.85 Å². The highest BCUT2D eigenvalue weighted by Gasteiger charge is 2.15. The van der Waals surface area contributed by atoms with E-state index in [0.29, 0.717) is 16.4 Å². The van der Waals surface area contributed by atoms with Crippen molar-refractivity contribution in [3.05, 3.63) is 56.7 Å². The topological polar surface area (TPSA) is 59.5 Å². The van der Waals surface area contributed by atoms with Crippen LogP contribution < -0.4 is 5.32 Å². The third-order valence-corrected chi connectivity index (χ3v) is 3.77. The van der Waals surface area contributed by atoms with Crippen LogP contribution in [0, 0.1) is 16.7 Å². The van der Waals surface area contributed by atoms with E-state index >= 15 is 0 Å². The third kappa shape index (κ3) is 2.72. The average molecular weight is 273 g/mol. The molecule has 0 aliphatic rings. The standard InChI is InChI=1S/C13H11N3O2S/c1-3-9-8-11(14-2)13(19-9)15-10-6-4-5-7-12(10)16(17)18/h4-8,15H,3H2,1H3. The van der Waals surface area contributed by atoms with Gasteiger partial charge < -0.3 is 5.32 Å². The summed E-state index contributed by atoms with van der Waals surface area (Å²) in [7, 11) is 0. The fraction of sp³-hybridized carbons (Fsp3) is 0.154. The van der Waals surface area contributed by atoms with Crippen LogP contribution >= 0.6 is 11.3 Å². The second-order valence-corrected chi connectivity index (χ2v) is 4.93. The number of hydrogen-bond acceptors (Lipinski definition) is 4. The van der Waals surface area contributed by atoms with Crippen molar-refractivity contribution < 1.29 is 4.92 Å². The third-order valence-electron chi connectivity index (χ3n) is 2.58. The first-order chi connectivity index (χ1) is 9.15. The minimum Gasteiger partial charge on any atom is -0.350 e. The number of thiophene rings is 1. The number of nitrogens with zero attached hydrogens (tertiary/aromatic N) is 2. The number of nitro benzene ring substituents is 1.